The van der Waals surface area contributed by atoms with Crippen molar-refractivity contribution in [3.63, 3.8) is 0 Å². The molecule has 0 heterocycles. The molecule has 0 aliphatic rings. The fraction of sp³-hybridized carbons (Fsp3) is 0.818. The van der Waals surface area contributed by atoms with Crippen LogP contribution in [0.25, 0.3) is 0 Å². The van der Waals surface area contributed by atoms with Crippen LogP contribution in [0.1, 0.15) is 73.6 Å². The van der Waals surface area contributed by atoms with Crippen LogP contribution < -0.4 is 27.0 Å². The van der Waals surface area contributed by atoms with Gasteiger partial charge in [0.15, 0.2) is 0 Å². The molecule has 0 radical (unpaired) electrons. The average Bonchev–Trinajstić information content (AvgIpc) is 2.63. The van der Waals surface area contributed by atoms with Crippen molar-refractivity contribution in [1.29, 1.82) is 0 Å². The number of amides is 4. The fourth-order valence-electron chi connectivity index (χ4n) is 2.76. The number of rotatable bonds is 13. The normalized spacial score (nSPS) is 13.3. The third-order valence-electron chi connectivity index (χ3n) is 4.14. The van der Waals surface area contributed by atoms with Gasteiger partial charge < -0.3 is 41.6 Å². The maximum absolute atomic E-state index is 12.2. The van der Waals surface area contributed by atoms with Gasteiger partial charge in [0.2, 0.25) is 5.91 Å². The Morgan fingerprint density at radius 3 is 1.91 bits per heavy atom. The van der Waals surface area contributed by atoms with Crippen molar-refractivity contribution in [2.45, 2.75) is 96.9 Å². The van der Waals surface area contributed by atoms with Gasteiger partial charge in [-0.05, 0) is 67.2 Å². The Morgan fingerprint density at radius 1 is 0.824 bits per heavy atom. The maximum Gasteiger partial charge on any atom is 0.407 e. The molecule has 12 nitrogen and oxygen atoms in total. The van der Waals surface area contributed by atoms with Gasteiger partial charge in [-0.15, -0.1) is 0 Å². The van der Waals surface area contributed by atoms with Crippen molar-refractivity contribution in [1.82, 2.24) is 21.3 Å². The zero-order valence-corrected chi connectivity index (χ0v) is 21.3. The van der Waals surface area contributed by atoms with Gasteiger partial charge in [-0.1, -0.05) is 0 Å². The van der Waals surface area contributed by atoms with Gasteiger partial charge in [-0.2, -0.15) is 0 Å². The first-order valence-electron chi connectivity index (χ1n) is 11.5. The zero-order chi connectivity index (χ0) is 26.4. The summed E-state index contributed by atoms with van der Waals surface area (Å²) in [5, 5.41) is 19.0. The standard InChI is InChI=1S/C22H43N5O7/c1-21(2,3)33-19(31)25-12-8-10-16(27-20(32)34-22(4,5)6)14-26-17(28)13-15(23)9-7-11-24-18(29)30/h15-16,24H,7-14,23H2,1-6H3,(H,25,31)(H,26,28)(H,27,32)(H,29,30)/t15-,16-/m0/s1. The van der Waals surface area contributed by atoms with Gasteiger partial charge in [0.25, 0.3) is 0 Å². The third-order valence-corrected chi connectivity index (χ3v) is 4.14. The molecule has 34 heavy (non-hydrogen) atoms. The van der Waals surface area contributed by atoms with Crippen molar-refractivity contribution in [3.8, 4) is 0 Å². The Labute approximate surface area is 202 Å². The van der Waals surface area contributed by atoms with Crippen LogP contribution in [0.2, 0.25) is 0 Å². The second-order valence-corrected chi connectivity index (χ2v) is 10.1. The van der Waals surface area contributed by atoms with Gasteiger partial charge in [-0.3, -0.25) is 4.79 Å². The van der Waals surface area contributed by atoms with E-state index in [1.807, 2.05) is 0 Å². The minimum absolute atomic E-state index is 0.0758. The third kappa shape index (κ3) is 19.9. The monoisotopic (exact) mass is 489 g/mol. The summed E-state index contributed by atoms with van der Waals surface area (Å²) in [6, 6.07) is -0.832. The molecule has 0 fully saturated rings. The first kappa shape index (κ1) is 31.2. The lowest BCUT2D eigenvalue weighted by atomic mass is 10.1. The molecule has 0 aromatic rings. The molecule has 0 unspecified atom stereocenters. The van der Waals surface area contributed by atoms with Crippen LogP contribution in [0.15, 0.2) is 0 Å². The molecule has 12 heteroatoms. The Kier molecular flexibility index (Phi) is 14.0. The molecule has 0 spiro atoms. The topological polar surface area (TPSA) is 181 Å². The minimum Gasteiger partial charge on any atom is -0.465 e. The molecule has 2 atom stereocenters. The summed E-state index contributed by atoms with van der Waals surface area (Å²) >= 11 is 0. The Balaban J connectivity index is 4.58. The fourth-order valence-corrected chi connectivity index (χ4v) is 2.76. The summed E-state index contributed by atoms with van der Waals surface area (Å²) in [6.07, 6.45) is -0.131. The summed E-state index contributed by atoms with van der Waals surface area (Å²) in [5.74, 6) is -0.276. The highest BCUT2D eigenvalue weighted by Gasteiger charge is 2.21. The van der Waals surface area contributed by atoms with Gasteiger partial charge in [-0.25, -0.2) is 14.4 Å². The van der Waals surface area contributed by atoms with Gasteiger partial charge >= 0.3 is 18.3 Å². The van der Waals surface area contributed by atoms with Crippen LogP contribution >= 0.6 is 0 Å². The quantitative estimate of drug-likeness (QED) is 0.213. The molecular formula is C22H43N5O7. The van der Waals surface area contributed by atoms with E-state index < -0.39 is 41.6 Å². The summed E-state index contributed by atoms with van der Waals surface area (Å²) in [4.78, 5) is 46.6. The lowest BCUT2D eigenvalue weighted by molar-refractivity contribution is -0.121. The lowest BCUT2D eigenvalue weighted by Crippen LogP contribution is -2.46. The van der Waals surface area contributed by atoms with E-state index in [0.29, 0.717) is 32.2 Å². The number of carbonyl (C=O) groups excluding carboxylic acids is 3. The Bertz CT molecular complexity index is 659. The number of ether oxygens (including phenoxy) is 2. The highest BCUT2D eigenvalue weighted by Crippen LogP contribution is 2.08. The van der Waals surface area contributed by atoms with E-state index in [-0.39, 0.29) is 25.4 Å². The van der Waals surface area contributed by atoms with Crippen LogP contribution in [0.5, 0.6) is 0 Å². The number of hydrogen-bond acceptors (Lipinski definition) is 7. The SMILES string of the molecule is CC(C)(C)OC(=O)NCCC[C@@H](CNC(=O)C[C@@H](N)CCCNC(=O)O)NC(=O)OC(C)(C)C. The largest absolute Gasteiger partial charge is 0.465 e. The second-order valence-electron chi connectivity index (χ2n) is 10.1. The summed E-state index contributed by atoms with van der Waals surface area (Å²) in [5.41, 5.74) is 4.68. The molecule has 0 aromatic heterocycles. The number of nitrogens with one attached hydrogen (secondary N) is 4. The number of hydrogen-bond donors (Lipinski definition) is 6. The molecular weight excluding hydrogens is 446 g/mol. The van der Waals surface area contributed by atoms with E-state index in [2.05, 4.69) is 21.3 Å². The van der Waals surface area contributed by atoms with Gasteiger partial charge in [0, 0.05) is 38.1 Å². The van der Waals surface area contributed by atoms with Crippen LogP contribution in [0, 0.1) is 0 Å². The van der Waals surface area contributed by atoms with Crippen molar-refractivity contribution < 1.29 is 33.8 Å². The second kappa shape index (κ2) is 15.2. The molecule has 4 amide bonds. The molecule has 0 aromatic carbocycles. The molecule has 7 N–H and O–H groups in total. The van der Waals surface area contributed by atoms with E-state index in [9.17, 15) is 19.2 Å². The zero-order valence-electron chi connectivity index (χ0n) is 21.3. The Morgan fingerprint density at radius 2 is 1.35 bits per heavy atom. The van der Waals surface area contributed by atoms with Crippen LogP contribution in [0.3, 0.4) is 0 Å². The minimum atomic E-state index is -1.10. The summed E-state index contributed by atoms with van der Waals surface area (Å²) in [6.45, 7) is 11.3. The first-order valence-corrected chi connectivity index (χ1v) is 11.5. The number of alkyl carbamates (subject to hydrolysis) is 2. The van der Waals surface area contributed by atoms with Crippen LogP contribution in [-0.2, 0) is 14.3 Å². The number of nitrogens with two attached hydrogens (primary N) is 1. The number of carbonyl (C=O) groups is 4. The maximum atomic E-state index is 12.2. The summed E-state index contributed by atoms with van der Waals surface area (Å²) in [7, 11) is 0. The lowest BCUT2D eigenvalue weighted by Gasteiger charge is -2.24. The van der Waals surface area contributed by atoms with E-state index in [1.165, 1.54) is 0 Å². The highest BCUT2D eigenvalue weighted by atomic mass is 16.6. The summed E-state index contributed by atoms with van der Waals surface area (Å²) < 4.78 is 10.5. The van der Waals surface area contributed by atoms with Crippen molar-refractivity contribution in [2.24, 2.45) is 5.73 Å². The van der Waals surface area contributed by atoms with Crippen molar-refractivity contribution >= 4 is 24.2 Å². The predicted octanol–water partition coefficient (Wildman–Crippen LogP) is 2.07. The van der Waals surface area contributed by atoms with E-state index in [4.69, 9.17) is 20.3 Å². The molecule has 0 bridgehead atoms. The van der Waals surface area contributed by atoms with Gasteiger partial charge in [0.1, 0.15) is 11.2 Å². The highest BCUT2D eigenvalue weighted by molar-refractivity contribution is 5.76. The van der Waals surface area contributed by atoms with Crippen LogP contribution in [0.4, 0.5) is 14.4 Å². The van der Waals surface area contributed by atoms with Crippen molar-refractivity contribution in [2.75, 3.05) is 19.6 Å². The molecule has 0 saturated heterocycles. The molecule has 198 valence electrons. The van der Waals surface area contributed by atoms with E-state index >= 15 is 0 Å². The van der Waals surface area contributed by atoms with E-state index in [0.717, 1.165) is 0 Å². The molecule has 0 aliphatic heterocycles. The average molecular weight is 490 g/mol. The predicted molar refractivity (Wildman–Crippen MR) is 127 cm³/mol. The van der Waals surface area contributed by atoms with Crippen molar-refractivity contribution in [3.05, 3.63) is 0 Å². The molecule has 0 saturated carbocycles. The molecule has 0 aliphatic carbocycles. The first-order chi connectivity index (χ1) is 15.6. The van der Waals surface area contributed by atoms with Gasteiger partial charge in [0.05, 0.1) is 0 Å². The Hall–Kier alpha value is -2.76. The smallest absolute Gasteiger partial charge is 0.407 e. The van der Waals surface area contributed by atoms with Crippen LogP contribution in [-0.4, -0.2) is 72.2 Å². The van der Waals surface area contributed by atoms with E-state index in [1.54, 1.807) is 41.5 Å². The number of carboxylic acid groups (broad SMARTS) is 1. The molecule has 0 rings (SSSR count).